The number of rotatable bonds is 1. The van der Waals surface area contributed by atoms with Gasteiger partial charge in [-0.05, 0) is 30.7 Å². The zero-order valence-corrected chi connectivity index (χ0v) is 9.09. The van der Waals surface area contributed by atoms with Crippen molar-refractivity contribution in [2.24, 2.45) is 0 Å². The third kappa shape index (κ3) is 1.70. The highest BCUT2D eigenvalue weighted by Gasteiger charge is 2.13. The third-order valence-electron chi connectivity index (χ3n) is 2.18. The van der Waals surface area contributed by atoms with E-state index in [0.717, 1.165) is 10.9 Å². The number of ether oxygens (including phenoxy) is 1. The summed E-state index contributed by atoms with van der Waals surface area (Å²) in [5, 5.41) is 1.45. The second-order valence-electron chi connectivity index (χ2n) is 3.24. The number of benzene rings is 1. The Balaban J connectivity index is 2.61. The SMILES string of the molecule is COC(=O)c1cc2cc(Cl)c(C)cc2o1. The molecular weight excluding hydrogens is 216 g/mol. The smallest absolute Gasteiger partial charge is 0.373 e. The van der Waals surface area contributed by atoms with Crippen LogP contribution in [0, 0.1) is 6.92 Å². The zero-order valence-electron chi connectivity index (χ0n) is 8.33. The molecule has 1 aromatic heterocycles. The quantitative estimate of drug-likeness (QED) is 0.699. The van der Waals surface area contributed by atoms with E-state index in [4.69, 9.17) is 16.0 Å². The van der Waals surface area contributed by atoms with Gasteiger partial charge in [-0.2, -0.15) is 0 Å². The number of hydrogen-bond acceptors (Lipinski definition) is 3. The van der Waals surface area contributed by atoms with E-state index in [2.05, 4.69) is 4.74 Å². The summed E-state index contributed by atoms with van der Waals surface area (Å²) >= 11 is 5.95. The summed E-state index contributed by atoms with van der Waals surface area (Å²) in [6, 6.07) is 5.18. The predicted octanol–water partition coefficient (Wildman–Crippen LogP) is 3.18. The highest BCUT2D eigenvalue weighted by Crippen LogP contribution is 2.26. The minimum Gasteiger partial charge on any atom is -0.463 e. The van der Waals surface area contributed by atoms with E-state index in [-0.39, 0.29) is 5.76 Å². The van der Waals surface area contributed by atoms with Gasteiger partial charge in [0.25, 0.3) is 0 Å². The van der Waals surface area contributed by atoms with Crippen LogP contribution in [-0.4, -0.2) is 13.1 Å². The number of halogens is 1. The van der Waals surface area contributed by atoms with E-state index in [9.17, 15) is 4.79 Å². The molecule has 15 heavy (non-hydrogen) atoms. The molecule has 0 spiro atoms. The molecule has 1 heterocycles. The molecule has 2 rings (SSSR count). The molecule has 0 unspecified atom stereocenters. The second-order valence-corrected chi connectivity index (χ2v) is 3.65. The molecule has 1 aromatic carbocycles. The summed E-state index contributed by atoms with van der Waals surface area (Å²) in [6.45, 7) is 1.88. The Morgan fingerprint density at radius 2 is 2.13 bits per heavy atom. The molecule has 4 heteroatoms. The normalized spacial score (nSPS) is 10.6. The van der Waals surface area contributed by atoms with Gasteiger partial charge in [0, 0.05) is 10.4 Å². The maximum Gasteiger partial charge on any atom is 0.373 e. The Hall–Kier alpha value is -1.48. The van der Waals surface area contributed by atoms with Crippen LogP contribution in [0.15, 0.2) is 22.6 Å². The number of carbonyl (C=O) groups excluding carboxylic acids is 1. The van der Waals surface area contributed by atoms with E-state index >= 15 is 0 Å². The fourth-order valence-corrected chi connectivity index (χ4v) is 1.53. The van der Waals surface area contributed by atoms with Gasteiger partial charge in [-0.1, -0.05) is 11.6 Å². The highest BCUT2D eigenvalue weighted by atomic mass is 35.5. The molecule has 0 aliphatic rings. The average molecular weight is 225 g/mol. The standard InChI is InChI=1S/C11H9ClO3/c1-6-3-9-7(4-8(6)12)5-10(15-9)11(13)14-2/h3-5H,1-2H3. The molecule has 2 aromatic rings. The van der Waals surface area contributed by atoms with E-state index < -0.39 is 5.97 Å². The lowest BCUT2D eigenvalue weighted by Crippen LogP contribution is -1.97. The number of methoxy groups -OCH3 is 1. The van der Waals surface area contributed by atoms with Crippen LogP contribution in [-0.2, 0) is 4.74 Å². The van der Waals surface area contributed by atoms with Gasteiger partial charge >= 0.3 is 5.97 Å². The maximum atomic E-state index is 11.2. The summed E-state index contributed by atoms with van der Waals surface area (Å²) in [5.74, 6) is -0.297. The maximum absolute atomic E-state index is 11.2. The van der Waals surface area contributed by atoms with Gasteiger partial charge < -0.3 is 9.15 Å². The Labute approximate surface area is 91.6 Å². The first-order valence-corrected chi connectivity index (χ1v) is 4.77. The van der Waals surface area contributed by atoms with Crippen LogP contribution in [0.4, 0.5) is 0 Å². The first-order chi connectivity index (χ1) is 7.11. The fourth-order valence-electron chi connectivity index (χ4n) is 1.36. The molecule has 0 fully saturated rings. The van der Waals surface area contributed by atoms with Crippen LogP contribution in [0.1, 0.15) is 16.1 Å². The van der Waals surface area contributed by atoms with Gasteiger partial charge in [0.1, 0.15) is 5.58 Å². The first-order valence-electron chi connectivity index (χ1n) is 4.40. The summed E-state index contributed by atoms with van der Waals surface area (Å²) < 4.78 is 9.88. The molecule has 0 atom stereocenters. The van der Waals surface area contributed by atoms with Crippen molar-refractivity contribution >= 4 is 28.5 Å². The van der Waals surface area contributed by atoms with Crippen LogP contribution < -0.4 is 0 Å². The van der Waals surface area contributed by atoms with Crippen molar-refractivity contribution in [1.29, 1.82) is 0 Å². The minimum atomic E-state index is -0.486. The lowest BCUT2D eigenvalue weighted by atomic mass is 10.2. The van der Waals surface area contributed by atoms with Crippen molar-refractivity contribution in [2.75, 3.05) is 7.11 Å². The van der Waals surface area contributed by atoms with Crippen LogP contribution in [0.25, 0.3) is 11.0 Å². The molecule has 0 saturated heterocycles. The molecule has 0 amide bonds. The second kappa shape index (κ2) is 3.59. The lowest BCUT2D eigenvalue weighted by Gasteiger charge is -1.95. The fraction of sp³-hybridized carbons (Fsp3) is 0.182. The summed E-state index contributed by atoms with van der Waals surface area (Å²) in [5.41, 5.74) is 1.55. The highest BCUT2D eigenvalue weighted by molar-refractivity contribution is 6.32. The molecule has 0 saturated carbocycles. The van der Waals surface area contributed by atoms with Gasteiger partial charge in [-0.25, -0.2) is 4.79 Å². The number of esters is 1. The molecule has 0 aliphatic heterocycles. The van der Waals surface area contributed by atoms with Crippen LogP contribution in [0.3, 0.4) is 0 Å². The van der Waals surface area contributed by atoms with Crippen LogP contribution in [0.2, 0.25) is 5.02 Å². The van der Waals surface area contributed by atoms with Crippen molar-refractivity contribution in [3.8, 4) is 0 Å². The lowest BCUT2D eigenvalue weighted by molar-refractivity contribution is 0.0567. The largest absolute Gasteiger partial charge is 0.463 e. The van der Waals surface area contributed by atoms with Crippen molar-refractivity contribution < 1.29 is 13.9 Å². The average Bonchev–Trinajstić information content (AvgIpc) is 2.60. The van der Waals surface area contributed by atoms with Gasteiger partial charge in [0.2, 0.25) is 5.76 Å². The van der Waals surface area contributed by atoms with Crippen molar-refractivity contribution in [3.63, 3.8) is 0 Å². The van der Waals surface area contributed by atoms with Crippen LogP contribution in [0.5, 0.6) is 0 Å². The number of fused-ring (bicyclic) bond motifs is 1. The predicted molar refractivity (Wildman–Crippen MR) is 57.3 cm³/mol. The van der Waals surface area contributed by atoms with Gasteiger partial charge in [-0.3, -0.25) is 0 Å². The molecule has 78 valence electrons. The van der Waals surface area contributed by atoms with Crippen molar-refractivity contribution in [2.45, 2.75) is 6.92 Å². The van der Waals surface area contributed by atoms with E-state index in [1.165, 1.54) is 7.11 Å². The summed E-state index contributed by atoms with van der Waals surface area (Å²) in [4.78, 5) is 11.2. The number of carbonyl (C=O) groups is 1. The van der Waals surface area contributed by atoms with Gasteiger partial charge in [0.15, 0.2) is 0 Å². The van der Waals surface area contributed by atoms with Gasteiger partial charge in [-0.15, -0.1) is 0 Å². The molecule has 0 radical (unpaired) electrons. The van der Waals surface area contributed by atoms with Crippen molar-refractivity contribution in [3.05, 3.63) is 34.5 Å². The van der Waals surface area contributed by atoms with Gasteiger partial charge in [0.05, 0.1) is 7.11 Å². The minimum absolute atomic E-state index is 0.189. The molecule has 3 nitrogen and oxygen atoms in total. The number of aryl methyl sites for hydroxylation is 1. The Morgan fingerprint density at radius 3 is 2.80 bits per heavy atom. The molecule has 0 aliphatic carbocycles. The first kappa shape index (κ1) is 10.1. The summed E-state index contributed by atoms with van der Waals surface area (Å²) in [7, 11) is 1.31. The Bertz CT molecular complexity index is 489. The Morgan fingerprint density at radius 1 is 1.40 bits per heavy atom. The topological polar surface area (TPSA) is 39.4 Å². The summed E-state index contributed by atoms with van der Waals surface area (Å²) in [6.07, 6.45) is 0. The molecule has 0 bridgehead atoms. The van der Waals surface area contributed by atoms with Crippen LogP contribution >= 0.6 is 11.6 Å². The monoisotopic (exact) mass is 224 g/mol. The molecule has 0 N–H and O–H groups in total. The van der Waals surface area contributed by atoms with E-state index in [1.54, 1.807) is 18.2 Å². The zero-order chi connectivity index (χ0) is 11.0. The Kier molecular flexibility index (Phi) is 2.40. The van der Waals surface area contributed by atoms with E-state index in [0.29, 0.717) is 10.6 Å². The number of furan rings is 1. The molecular formula is C11H9ClO3. The van der Waals surface area contributed by atoms with E-state index in [1.807, 2.05) is 6.92 Å². The third-order valence-corrected chi connectivity index (χ3v) is 2.59. The number of hydrogen-bond donors (Lipinski definition) is 0. The van der Waals surface area contributed by atoms with Crippen molar-refractivity contribution in [1.82, 2.24) is 0 Å².